The maximum Gasteiger partial charge on any atom is 0.151 e. The lowest BCUT2D eigenvalue weighted by Gasteiger charge is -2.47. The van der Waals surface area contributed by atoms with Gasteiger partial charge in [0.25, 0.3) is 0 Å². The first-order chi connectivity index (χ1) is 14.2. The maximum absolute atomic E-state index is 11.8. The van der Waals surface area contributed by atoms with E-state index in [-0.39, 0.29) is 0 Å². The van der Waals surface area contributed by atoms with Crippen molar-refractivity contribution in [3.05, 3.63) is 48.2 Å². The summed E-state index contributed by atoms with van der Waals surface area (Å²) in [4.78, 5) is 5.31. The second-order valence-electron chi connectivity index (χ2n) is 8.86. The molecular weight excluding hydrogens is 380 g/mol. The second-order valence-corrected chi connectivity index (χ2v) is 10.2. The SMILES string of the molecule is CS(=O)c1cc(N2CC3CCC(C2)N3C2CCC(c3ccccc3)CC2)cnn1. The minimum absolute atomic E-state index is 0.580. The Balaban J connectivity index is 1.24. The summed E-state index contributed by atoms with van der Waals surface area (Å²) in [6, 6.07) is 15.0. The number of hydrogen-bond donors (Lipinski definition) is 0. The van der Waals surface area contributed by atoms with Gasteiger partial charge >= 0.3 is 0 Å². The molecule has 3 atom stereocenters. The summed E-state index contributed by atoms with van der Waals surface area (Å²) in [5.74, 6) is 0.739. The Morgan fingerprint density at radius 3 is 2.24 bits per heavy atom. The fourth-order valence-corrected chi connectivity index (χ4v) is 6.27. The van der Waals surface area contributed by atoms with Crippen molar-refractivity contribution < 1.29 is 4.21 Å². The van der Waals surface area contributed by atoms with Crippen molar-refractivity contribution in [3.8, 4) is 0 Å². The first kappa shape index (κ1) is 19.2. The van der Waals surface area contributed by atoms with Crippen molar-refractivity contribution in [2.24, 2.45) is 0 Å². The van der Waals surface area contributed by atoms with E-state index in [9.17, 15) is 4.21 Å². The van der Waals surface area contributed by atoms with Crippen molar-refractivity contribution in [1.29, 1.82) is 0 Å². The highest BCUT2D eigenvalue weighted by molar-refractivity contribution is 7.84. The summed E-state index contributed by atoms with van der Waals surface area (Å²) in [7, 11) is -1.09. The molecule has 1 aliphatic carbocycles. The molecule has 29 heavy (non-hydrogen) atoms. The Kier molecular flexibility index (Phi) is 5.39. The molecule has 3 unspecified atom stereocenters. The average molecular weight is 411 g/mol. The van der Waals surface area contributed by atoms with E-state index >= 15 is 0 Å². The Morgan fingerprint density at radius 2 is 1.59 bits per heavy atom. The molecule has 3 aliphatic rings. The van der Waals surface area contributed by atoms with E-state index in [1.807, 2.05) is 12.3 Å². The van der Waals surface area contributed by atoms with E-state index in [1.54, 1.807) is 6.26 Å². The van der Waals surface area contributed by atoms with Crippen molar-refractivity contribution in [1.82, 2.24) is 15.1 Å². The third-order valence-corrected chi connectivity index (χ3v) is 7.99. The zero-order valence-electron chi connectivity index (χ0n) is 17.1. The van der Waals surface area contributed by atoms with Gasteiger partial charge in [0, 0.05) is 37.5 Å². The molecule has 3 heterocycles. The largest absolute Gasteiger partial charge is 0.367 e. The van der Waals surface area contributed by atoms with Gasteiger partial charge in [0.05, 0.1) is 22.7 Å². The summed E-state index contributed by atoms with van der Waals surface area (Å²) in [6.45, 7) is 2.10. The van der Waals surface area contributed by atoms with Gasteiger partial charge in [-0.1, -0.05) is 30.3 Å². The molecular formula is C23H30N4OS. The van der Waals surface area contributed by atoms with E-state index in [4.69, 9.17) is 0 Å². The van der Waals surface area contributed by atoms with Gasteiger partial charge < -0.3 is 4.90 Å². The number of rotatable bonds is 4. The Bertz CT molecular complexity index is 854. The van der Waals surface area contributed by atoms with Crippen LogP contribution in [0, 0.1) is 0 Å². The molecule has 154 valence electrons. The summed E-state index contributed by atoms with van der Waals surface area (Å²) < 4.78 is 11.8. The number of benzene rings is 1. The van der Waals surface area contributed by atoms with Crippen LogP contribution >= 0.6 is 0 Å². The van der Waals surface area contributed by atoms with Crippen molar-refractivity contribution >= 4 is 16.5 Å². The van der Waals surface area contributed by atoms with Crippen molar-refractivity contribution in [3.63, 3.8) is 0 Å². The van der Waals surface area contributed by atoms with E-state index in [1.165, 1.54) is 44.1 Å². The number of aromatic nitrogens is 2. The number of hydrogen-bond acceptors (Lipinski definition) is 5. The van der Waals surface area contributed by atoms with Crippen LogP contribution in [-0.4, -0.2) is 56.8 Å². The molecule has 0 N–H and O–H groups in total. The van der Waals surface area contributed by atoms with Gasteiger partial charge in [-0.15, -0.1) is 5.10 Å². The predicted octanol–water partition coefficient (Wildman–Crippen LogP) is 3.59. The van der Waals surface area contributed by atoms with Crippen LogP contribution in [0.5, 0.6) is 0 Å². The lowest BCUT2D eigenvalue weighted by Crippen LogP contribution is -2.57. The Labute approximate surface area is 176 Å². The minimum Gasteiger partial charge on any atom is -0.367 e. The van der Waals surface area contributed by atoms with Gasteiger partial charge in [0.2, 0.25) is 0 Å². The number of piperazine rings is 1. The molecule has 2 aliphatic heterocycles. The highest BCUT2D eigenvalue weighted by Gasteiger charge is 2.44. The van der Waals surface area contributed by atoms with Crippen LogP contribution in [0.2, 0.25) is 0 Å². The quantitative estimate of drug-likeness (QED) is 0.771. The molecule has 0 radical (unpaired) electrons. The van der Waals surface area contributed by atoms with Gasteiger partial charge in [-0.25, -0.2) is 0 Å². The molecule has 5 rings (SSSR count). The summed E-state index contributed by atoms with van der Waals surface area (Å²) in [6.07, 6.45) is 11.4. The average Bonchev–Trinajstić information content (AvgIpc) is 3.03. The highest BCUT2D eigenvalue weighted by Crippen LogP contribution is 2.41. The molecule has 6 heteroatoms. The van der Waals surface area contributed by atoms with E-state index in [2.05, 4.69) is 50.3 Å². The van der Waals surface area contributed by atoms with E-state index < -0.39 is 10.8 Å². The topological polar surface area (TPSA) is 49.3 Å². The lowest BCUT2D eigenvalue weighted by molar-refractivity contribution is 0.0811. The number of anilines is 1. The number of fused-ring (bicyclic) bond motifs is 2. The van der Waals surface area contributed by atoms with Gasteiger partial charge in [-0.2, -0.15) is 5.10 Å². The molecule has 2 bridgehead atoms. The lowest BCUT2D eigenvalue weighted by atomic mass is 9.80. The molecule has 5 nitrogen and oxygen atoms in total. The van der Waals surface area contributed by atoms with Crippen LogP contribution in [0.3, 0.4) is 0 Å². The van der Waals surface area contributed by atoms with Crippen molar-refractivity contribution in [2.75, 3.05) is 24.2 Å². The van der Waals surface area contributed by atoms with Gasteiger partial charge in [0.1, 0.15) is 0 Å². The standard InChI is InChI=1S/C23H30N4OS/c1-29(28)23-13-22(14-24-25-23)26-15-20-11-12-21(16-26)27(20)19-9-7-18(8-10-19)17-5-3-2-4-6-17/h2-6,13-14,18-21H,7-12,15-16H2,1H3. The van der Waals surface area contributed by atoms with Crippen LogP contribution in [0.25, 0.3) is 0 Å². The smallest absolute Gasteiger partial charge is 0.151 e. The van der Waals surface area contributed by atoms with Crippen LogP contribution in [0.1, 0.15) is 50.0 Å². The Hall–Kier alpha value is -1.79. The van der Waals surface area contributed by atoms with Gasteiger partial charge in [-0.3, -0.25) is 9.11 Å². The van der Waals surface area contributed by atoms with Gasteiger partial charge in [0.15, 0.2) is 5.03 Å². The molecule has 1 aromatic heterocycles. The van der Waals surface area contributed by atoms with Crippen molar-refractivity contribution in [2.45, 2.75) is 67.6 Å². The monoisotopic (exact) mass is 410 g/mol. The molecule has 1 aromatic carbocycles. The second kappa shape index (κ2) is 8.15. The molecule has 0 spiro atoms. The van der Waals surface area contributed by atoms with E-state index in [0.29, 0.717) is 17.1 Å². The predicted molar refractivity (Wildman–Crippen MR) is 117 cm³/mol. The fraction of sp³-hybridized carbons (Fsp3) is 0.565. The molecule has 1 saturated carbocycles. The van der Waals surface area contributed by atoms with E-state index in [0.717, 1.165) is 30.7 Å². The summed E-state index contributed by atoms with van der Waals surface area (Å²) in [5, 5.41) is 8.70. The van der Waals surface area contributed by atoms with Crippen LogP contribution < -0.4 is 4.90 Å². The van der Waals surface area contributed by atoms with Gasteiger partial charge in [-0.05, 0) is 56.1 Å². The van der Waals surface area contributed by atoms with Crippen LogP contribution in [-0.2, 0) is 10.8 Å². The Morgan fingerprint density at radius 1 is 0.931 bits per heavy atom. The normalized spacial score (nSPS) is 31.0. The fourth-order valence-electron chi connectivity index (χ4n) is 5.83. The maximum atomic E-state index is 11.8. The minimum atomic E-state index is -1.09. The molecule has 3 fully saturated rings. The van der Waals surface area contributed by atoms with Crippen LogP contribution in [0.4, 0.5) is 5.69 Å². The molecule has 2 saturated heterocycles. The third kappa shape index (κ3) is 3.84. The summed E-state index contributed by atoms with van der Waals surface area (Å²) >= 11 is 0. The molecule has 2 aromatic rings. The third-order valence-electron chi connectivity index (χ3n) is 7.21. The van der Waals surface area contributed by atoms with Crippen LogP contribution in [0.15, 0.2) is 47.6 Å². The first-order valence-corrected chi connectivity index (χ1v) is 12.5. The zero-order valence-corrected chi connectivity index (χ0v) is 17.9. The zero-order chi connectivity index (χ0) is 19.8. The molecule has 0 amide bonds. The first-order valence-electron chi connectivity index (χ1n) is 10.9. The summed E-state index contributed by atoms with van der Waals surface area (Å²) in [5.41, 5.74) is 2.60. The highest BCUT2D eigenvalue weighted by atomic mass is 32.2. The number of nitrogens with zero attached hydrogens (tertiary/aromatic N) is 4.